The number of benzene rings is 1. The Bertz CT molecular complexity index is 526. The number of halogens is 3. The van der Waals surface area contributed by atoms with Gasteiger partial charge >= 0.3 is 12.1 Å². The fraction of sp³-hybridized carbons (Fsp3) is 0.562. The molecule has 2 N–H and O–H groups in total. The Labute approximate surface area is 132 Å². The normalized spacial score (nSPS) is 21.9. The highest BCUT2D eigenvalue weighted by Crippen LogP contribution is 2.25. The number of carboxylic acid groups (broad SMARTS) is 1. The number of hydrogen-bond donors (Lipinski definition) is 2. The van der Waals surface area contributed by atoms with Crippen molar-refractivity contribution in [2.45, 2.75) is 44.4 Å². The average Bonchev–Trinajstić information content (AvgIpc) is 2.51. The molecule has 4 nitrogen and oxygen atoms in total. The van der Waals surface area contributed by atoms with Gasteiger partial charge in [0.2, 0.25) is 0 Å². The van der Waals surface area contributed by atoms with Gasteiger partial charge in [-0.15, -0.1) is 0 Å². The van der Waals surface area contributed by atoms with Crippen LogP contribution in [0.1, 0.15) is 31.2 Å². The van der Waals surface area contributed by atoms with Crippen LogP contribution in [0.15, 0.2) is 24.3 Å². The van der Waals surface area contributed by atoms with E-state index in [2.05, 4.69) is 5.32 Å². The summed E-state index contributed by atoms with van der Waals surface area (Å²) < 4.78 is 41.2. The molecule has 23 heavy (non-hydrogen) atoms. The summed E-state index contributed by atoms with van der Waals surface area (Å²) >= 11 is 0. The first kappa shape index (κ1) is 17.6. The largest absolute Gasteiger partial charge is 0.484 e. The average molecular weight is 331 g/mol. The van der Waals surface area contributed by atoms with E-state index in [1.807, 2.05) is 6.07 Å². The molecule has 1 saturated carbocycles. The predicted molar refractivity (Wildman–Crippen MR) is 78.2 cm³/mol. The summed E-state index contributed by atoms with van der Waals surface area (Å²) in [5, 5.41) is 12.3. The summed E-state index contributed by atoms with van der Waals surface area (Å²) in [7, 11) is 0. The van der Waals surface area contributed by atoms with Gasteiger partial charge in [0.1, 0.15) is 5.75 Å². The molecule has 1 aromatic carbocycles. The smallest absolute Gasteiger partial charge is 0.422 e. The van der Waals surface area contributed by atoms with Gasteiger partial charge in [0.25, 0.3) is 0 Å². The van der Waals surface area contributed by atoms with Crippen molar-refractivity contribution in [1.29, 1.82) is 0 Å². The second-order valence-corrected chi connectivity index (χ2v) is 5.82. The molecule has 0 amide bonds. The molecule has 0 spiro atoms. The molecule has 0 bridgehead atoms. The second-order valence-electron chi connectivity index (χ2n) is 5.82. The van der Waals surface area contributed by atoms with Gasteiger partial charge in [-0.05, 0) is 43.4 Å². The lowest BCUT2D eigenvalue weighted by atomic mass is 9.86. The number of carboxylic acids is 1. The quantitative estimate of drug-likeness (QED) is 0.839. The number of aliphatic carboxylic acids is 1. The van der Waals surface area contributed by atoms with Crippen molar-refractivity contribution >= 4 is 5.97 Å². The molecule has 0 atom stereocenters. The van der Waals surface area contributed by atoms with E-state index in [0.29, 0.717) is 19.4 Å². The molecule has 1 aliphatic rings. The Hall–Kier alpha value is -1.76. The minimum Gasteiger partial charge on any atom is -0.484 e. The summed E-state index contributed by atoms with van der Waals surface area (Å²) in [4.78, 5) is 10.9. The Balaban J connectivity index is 1.79. The summed E-state index contributed by atoms with van der Waals surface area (Å²) in [5.74, 6) is -0.804. The fourth-order valence-corrected chi connectivity index (χ4v) is 2.72. The molecular formula is C16H20F3NO3. The SMILES string of the molecule is O=C(O)C1CCC(NCc2cccc(OCC(F)(F)F)c2)CC1. The van der Waals surface area contributed by atoms with Crippen molar-refractivity contribution in [2.75, 3.05) is 6.61 Å². The van der Waals surface area contributed by atoms with Crippen LogP contribution in [-0.4, -0.2) is 29.9 Å². The molecule has 7 heteroatoms. The van der Waals surface area contributed by atoms with E-state index in [9.17, 15) is 18.0 Å². The Kier molecular flexibility index (Phi) is 5.87. The first-order valence-corrected chi connectivity index (χ1v) is 7.58. The Morgan fingerprint density at radius 2 is 1.96 bits per heavy atom. The molecule has 0 unspecified atom stereocenters. The third kappa shape index (κ3) is 6.09. The first-order chi connectivity index (χ1) is 10.8. The topological polar surface area (TPSA) is 58.6 Å². The predicted octanol–water partition coefficient (Wildman–Crippen LogP) is 3.36. The maximum Gasteiger partial charge on any atom is 0.422 e. The molecule has 1 aliphatic carbocycles. The molecule has 0 radical (unpaired) electrons. The van der Waals surface area contributed by atoms with Crippen LogP contribution in [0.25, 0.3) is 0 Å². The number of rotatable bonds is 6. The Morgan fingerprint density at radius 1 is 1.26 bits per heavy atom. The van der Waals surface area contributed by atoms with Crippen LogP contribution in [-0.2, 0) is 11.3 Å². The zero-order chi connectivity index (χ0) is 16.9. The van der Waals surface area contributed by atoms with Gasteiger partial charge in [0, 0.05) is 12.6 Å². The number of alkyl halides is 3. The molecular weight excluding hydrogens is 311 g/mol. The summed E-state index contributed by atoms with van der Waals surface area (Å²) in [6.45, 7) is -0.783. The minimum absolute atomic E-state index is 0.191. The van der Waals surface area contributed by atoms with Crippen LogP contribution < -0.4 is 10.1 Å². The molecule has 0 heterocycles. The van der Waals surface area contributed by atoms with Gasteiger partial charge in [-0.25, -0.2) is 0 Å². The second kappa shape index (κ2) is 7.68. The third-order valence-electron chi connectivity index (χ3n) is 3.97. The third-order valence-corrected chi connectivity index (χ3v) is 3.97. The molecule has 1 fully saturated rings. The lowest BCUT2D eigenvalue weighted by Crippen LogP contribution is -2.34. The first-order valence-electron chi connectivity index (χ1n) is 7.58. The lowest BCUT2D eigenvalue weighted by molar-refractivity contribution is -0.153. The van der Waals surface area contributed by atoms with Crippen molar-refractivity contribution in [3.8, 4) is 5.75 Å². The van der Waals surface area contributed by atoms with Gasteiger partial charge in [-0.2, -0.15) is 13.2 Å². The highest BCUT2D eigenvalue weighted by atomic mass is 19.4. The maximum absolute atomic E-state index is 12.1. The molecule has 128 valence electrons. The monoisotopic (exact) mass is 331 g/mol. The van der Waals surface area contributed by atoms with Crippen molar-refractivity contribution in [2.24, 2.45) is 5.92 Å². The highest BCUT2D eigenvalue weighted by Gasteiger charge is 2.28. The number of ether oxygens (including phenoxy) is 1. The van der Waals surface area contributed by atoms with Crippen LogP contribution in [0.5, 0.6) is 5.75 Å². The minimum atomic E-state index is -4.35. The van der Waals surface area contributed by atoms with Gasteiger partial charge < -0.3 is 15.2 Å². The number of nitrogens with one attached hydrogen (secondary N) is 1. The fourth-order valence-electron chi connectivity index (χ4n) is 2.72. The summed E-state index contributed by atoms with van der Waals surface area (Å²) in [6.07, 6.45) is -1.46. The van der Waals surface area contributed by atoms with E-state index in [4.69, 9.17) is 9.84 Å². The van der Waals surface area contributed by atoms with Gasteiger partial charge in [0.15, 0.2) is 6.61 Å². The highest BCUT2D eigenvalue weighted by molar-refractivity contribution is 5.70. The van der Waals surface area contributed by atoms with E-state index in [0.717, 1.165) is 18.4 Å². The van der Waals surface area contributed by atoms with Crippen LogP contribution >= 0.6 is 0 Å². The molecule has 0 aromatic heterocycles. The van der Waals surface area contributed by atoms with Crippen molar-refractivity contribution in [3.05, 3.63) is 29.8 Å². The molecule has 0 saturated heterocycles. The van der Waals surface area contributed by atoms with Crippen molar-refractivity contribution in [1.82, 2.24) is 5.32 Å². The van der Waals surface area contributed by atoms with Crippen LogP contribution in [0.3, 0.4) is 0 Å². The number of carbonyl (C=O) groups is 1. The van der Waals surface area contributed by atoms with Gasteiger partial charge in [-0.3, -0.25) is 4.79 Å². The Morgan fingerprint density at radius 3 is 2.57 bits per heavy atom. The standard InChI is InChI=1S/C16H20F3NO3/c17-16(18,19)10-23-14-3-1-2-11(8-14)9-20-13-6-4-12(5-7-13)15(21)22/h1-3,8,12-13,20H,4-7,9-10H2,(H,21,22). The van der Waals surface area contributed by atoms with Crippen LogP contribution in [0, 0.1) is 5.92 Å². The van der Waals surface area contributed by atoms with E-state index in [1.165, 1.54) is 6.07 Å². The van der Waals surface area contributed by atoms with E-state index < -0.39 is 18.8 Å². The van der Waals surface area contributed by atoms with Crippen LogP contribution in [0.2, 0.25) is 0 Å². The summed E-state index contributed by atoms with van der Waals surface area (Å²) in [6, 6.07) is 6.79. The maximum atomic E-state index is 12.1. The van der Waals surface area contributed by atoms with E-state index in [1.54, 1.807) is 12.1 Å². The molecule has 1 aromatic rings. The number of hydrogen-bond acceptors (Lipinski definition) is 3. The molecule has 2 rings (SSSR count). The van der Waals surface area contributed by atoms with Gasteiger partial charge in [-0.1, -0.05) is 12.1 Å². The summed E-state index contributed by atoms with van der Waals surface area (Å²) in [5.41, 5.74) is 0.838. The van der Waals surface area contributed by atoms with Crippen molar-refractivity contribution < 1.29 is 27.8 Å². The zero-order valence-electron chi connectivity index (χ0n) is 12.6. The van der Waals surface area contributed by atoms with Crippen LogP contribution in [0.4, 0.5) is 13.2 Å². The van der Waals surface area contributed by atoms with Crippen molar-refractivity contribution in [3.63, 3.8) is 0 Å². The van der Waals surface area contributed by atoms with E-state index >= 15 is 0 Å². The zero-order valence-corrected chi connectivity index (χ0v) is 12.6. The lowest BCUT2D eigenvalue weighted by Gasteiger charge is -2.27. The molecule has 0 aliphatic heterocycles. The van der Waals surface area contributed by atoms with Gasteiger partial charge in [0.05, 0.1) is 5.92 Å². The van der Waals surface area contributed by atoms with E-state index in [-0.39, 0.29) is 17.7 Å².